The van der Waals surface area contributed by atoms with Gasteiger partial charge in [-0.15, -0.1) is 11.3 Å². The molecule has 0 saturated heterocycles. The van der Waals surface area contributed by atoms with E-state index in [4.69, 9.17) is 14.2 Å². The van der Waals surface area contributed by atoms with E-state index in [0.29, 0.717) is 27.7 Å². The van der Waals surface area contributed by atoms with Gasteiger partial charge in [0.15, 0.2) is 11.5 Å². The van der Waals surface area contributed by atoms with E-state index in [-0.39, 0.29) is 5.78 Å². The molecule has 0 aliphatic carbocycles. The van der Waals surface area contributed by atoms with Crippen molar-refractivity contribution in [3.63, 3.8) is 0 Å². The van der Waals surface area contributed by atoms with Crippen LogP contribution in [0.15, 0.2) is 34.8 Å². The first-order valence-electron chi connectivity index (χ1n) is 7.53. The van der Waals surface area contributed by atoms with Gasteiger partial charge < -0.3 is 14.2 Å². The Morgan fingerprint density at radius 1 is 1.00 bits per heavy atom. The third-order valence-corrected chi connectivity index (χ3v) is 6.16. The molecule has 130 valence electrons. The van der Waals surface area contributed by atoms with Crippen molar-refractivity contribution in [3.8, 4) is 17.2 Å². The summed E-state index contributed by atoms with van der Waals surface area (Å²) in [7, 11) is 4.60. The zero-order valence-corrected chi connectivity index (χ0v) is 16.7. The smallest absolute Gasteiger partial charge is 0.204 e. The Morgan fingerprint density at radius 3 is 2.20 bits per heavy atom. The monoisotopic (exact) mass is 420 g/mol. The first kappa shape index (κ1) is 17.8. The number of rotatable bonds is 5. The highest BCUT2D eigenvalue weighted by atomic mass is 79.9. The maximum atomic E-state index is 13.1. The average molecular weight is 421 g/mol. The van der Waals surface area contributed by atoms with Crippen LogP contribution in [0, 0.1) is 6.92 Å². The zero-order chi connectivity index (χ0) is 18.1. The molecule has 2 aromatic carbocycles. The van der Waals surface area contributed by atoms with Crippen molar-refractivity contribution >= 4 is 43.1 Å². The SMILES string of the molecule is COc1cc(C(=O)c2sc3cc(C)ccc3c2Br)cc(OC)c1OC. The molecular weight excluding hydrogens is 404 g/mol. The molecule has 0 saturated carbocycles. The van der Waals surface area contributed by atoms with E-state index in [1.165, 1.54) is 32.7 Å². The molecule has 4 nitrogen and oxygen atoms in total. The van der Waals surface area contributed by atoms with E-state index in [9.17, 15) is 4.79 Å². The van der Waals surface area contributed by atoms with Gasteiger partial charge in [0.25, 0.3) is 0 Å². The summed E-state index contributed by atoms with van der Waals surface area (Å²) in [5, 5.41) is 1.03. The number of thiophene rings is 1. The van der Waals surface area contributed by atoms with Crippen LogP contribution >= 0.6 is 27.3 Å². The third kappa shape index (κ3) is 3.12. The summed E-state index contributed by atoms with van der Waals surface area (Å²) in [5.74, 6) is 1.29. The molecule has 0 atom stereocenters. The lowest BCUT2D eigenvalue weighted by Crippen LogP contribution is -2.03. The van der Waals surface area contributed by atoms with Gasteiger partial charge in [-0.3, -0.25) is 4.79 Å². The standard InChI is InChI=1S/C19H17BrO4S/c1-10-5-6-12-15(7-10)25-19(16(12)20)17(21)11-8-13(22-2)18(24-4)14(9-11)23-3/h5-9H,1-4H3. The summed E-state index contributed by atoms with van der Waals surface area (Å²) in [6, 6.07) is 9.49. The fourth-order valence-corrected chi connectivity index (χ4v) is 4.72. The van der Waals surface area contributed by atoms with Crippen molar-refractivity contribution < 1.29 is 19.0 Å². The molecule has 0 spiro atoms. The van der Waals surface area contributed by atoms with Crippen molar-refractivity contribution in [2.75, 3.05) is 21.3 Å². The van der Waals surface area contributed by atoms with Crippen molar-refractivity contribution in [2.45, 2.75) is 6.92 Å². The number of ketones is 1. The molecular formula is C19H17BrO4S. The second-order valence-electron chi connectivity index (χ2n) is 5.49. The number of hydrogen-bond donors (Lipinski definition) is 0. The number of carbonyl (C=O) groups is 1. The number of aryl methyl sites for hydroxylation is 1. The van der Waals surface area contributed by atoms with E-state index < -0.39 is 0 Å². The minimum atomic E-state index is -0.0926. The van der Waals surface area contributed by atoms with Crippen molar-refractivity contribution in [1.29, 1.82) is 0 Å². The normalized spacial score (nSPS) is 10.8. The van der Waals surface area contributed by atoms with Gasteiger partial charge in [-0.05, 0) is 46.6 Å². The third-order valence-electron chi connectivity index (χ3n) is 3.92. The Hall–Kier alpha value is -2.05. The van der Waals surface area contributed by atoms with E-state index in [0.717, 1.165) is 20.1 Å². The molecule has 1 aromatic heterocycles. The van der Waals surface area contributed by atoms with Crippen LogP contribution in [0.4, 0.5) is 0 Å². The van der Waals surface area contributed by atoms with E-state index >= 15 is 0 Å². The summed E-state index contributed by atoms with van der Waals surface area (Å²) in [6.07, 6.45) is 0. The van der Waals surface area contributed by atoms with Gasteiger partial charge >= 0.3 is 0 Å². The molecule has 1 heterocycles. The van der Waals surface area contributed by atoms with Crippen LogP contribution < -0.4 is 14.2 Å². The molecule has 3 aromatic rings. The van der Waals surface area contributed by atoms with Gasteiger partial charge in [-0.2, -0.15) is 0 Å². The van der Waals surface area contributed by atoms with Crippen LogP contribution in [-0.2, 0) is 0 Å². The van der Waals surface area contributed by atoms with Crippen LogP contribution in [0.1, 0.15) is 20.8 Å². The van der Waals surface area contributed by atoms with E-state index in [1.54, 1.807) is 12.1 Å². The highest BCUT2D eigenvalue weighted by molar-refractivity contribution is 9.10. The van der Waals surface area contributed by atoms with Crippen LogP contribution in [0.2, 0.25) is 0 Å². The van der Waals surface area contributed by atoms with Gasteiger partial charge in [0.05, 0.1) is 26.2 Å². The molecule has 0 aliphatic heterocycles. The number of halogens is 1. The lowest BCUT2D eigenvalue weighted by molar-refractivity contribution is 0.104. The highest BCUT2D eigenvalue weighted by Crippen LogP contribution is 2.41. The summed E-state index contributed by atoms with van der Waals surface area (Å²) in [4.78, 5) is 13.7. The van der Waals surface area contributed by atoms with Crippen molar-refractivity contribution in [3.05, 3.63) is 50.8 Å². The molecule has 25 heavy (non-hydrogen) atoms. The Kier molecular flexibility index (Phi) is 5.01. The quantitative estimate of drug-likeness (QED) is 0.530. The molecule has 0 amide bonds. The molecule has 0 fully saturated rings. The van der Waals surface area contributed by atoms with Gasteiger partial charge in [0, 0.05) is 20.1 Å². The number of carbonyl (C=O) groups excluding carboxylic acids is 1. The zero-order valence-electron chi connectivity index (χ0n) is 14.3. The molecule has 0 radical (unpaired) electrons. The van der Waals surface area contributed by atoms with Gasteiger partial charge in [0.2, 0.25) is 11.5 Å². The molecule has 0 unspecified atom stereocenters. The molecule has 0 aliphatic rings. The fraction of sp³-hybridized carbons (Fsp3) is 0.211. The number of fused-ring (bicyclic) bond motifs is 1. The highest BCUT2D eigenvalue weighted by Gasteiger charge is 2.22. The van der Waals surface area contributed by atoms with Crippen molar-refractivity contribution in [1.82, 2.24) is 0 Å². The van der Waals surface area contributed by atoms with Crippen molar-refractivity contribution in [2.24, 2.45) is 0 Å². The number of benzene rings is 2. The van der Waals surface area contributed by atoms with E-state index in [2.05, 4.69) is 22.0 Å². The number of ether oxygens (including phenoxy) is 3. The molecule has 0 bridgehead atoms. The largest absolute Gasteiger partial charge is 0.493 e. The second-order valence-corrected chi connectivity index (χ2v) is 7.33. The van der Waals surface area contributed by atoms with Crippen LogP contribution in [-0.4, -0.2) is 27.1 Å². The minimum absolute atomic E-state index is 0.0926. The predicted octanol–water partition coefficient (Wildman–Crippen LogP) is 5.23. The lowest BCUT2D eigenvalue weighted by Gasteiger charge is -2.13. The number of hydrogen-bond acceptors (Lipinski definition) is 5. The van der Waals surface area contributed by atoms with Gasteiger partial charge in [-0.25, -0.2) is 0 Å². The Labute approximate surface area is 158 Å². The van der Waals surface area contributed by atoms with Crippen LogP contribution in [0.3, 0.4) is 0 Å². The molecule has 3 rings (SSSR count). The summed E-state index contributed by atoms with van der Waals surface area (Å²) in [5.41, 5.74) is 1.64. The van der Waals surface area contributed by atoms with Crippen LogP contribution in [0.5, 0.6) is 17.2 Å². The summed E-state index contributed by atoms with van der Waals surface area (Å²) >= 11 is 5.04. The second kappa shape index (κ2) is 7.06. The number of methoxy groups -OCH3 is 3. The summed E-state index contributed by atoms with van der Waals surface area (Å²) < 4.78 is 17.9. The van der Waals surface area contributed by atoms with Crippen LogP contribution in [0.25, 0.3) is 10.1 Å². The maximum Gasteiger partial charge on any atom is 0.204 e. The van der Waals surface area contributed by atoms with Gasteiger partial charge in [0.1, 0.15) is 0 Å². The Bertz CT molecular complexity index is 936. The van der Waals surface area contributed by atoms with E-state index in [1.807, 2.05) is 19.1 Å². The topological polar surface area (TPSA) is 44.8 Å². The average Bonchev–Trinajstić information content (AvgIpc) is 2.95. The maximum absolute atomic E-state index is 13.1. The fourth-order valence-electron chi connectivity index (χ4n) is 2.66. The lowest BCUT2D eigenvalue weighted by atomic mass is 10.1. The Balaban J connectivity index is 2.14. The Morgan fingerprint density at radius 2 is 1.64 bits per heavy atom. The molecule has 6 heteroatoms. The summed E-state index contributed by atoms with van der Waals surface area (Å²) in [6.45, 7) is 2.04. The minimum Gasteiger partial charge on any atom is -0.493 e. The first-order valence-corrected chi connectivity index (χ1v) is 9.14. The van der Waals surface area contributed by atoms with Gasteiger partial charge in [-0.1, -0.05) is 12.1 Å². The molecule has 0 N–H and O–H groups in total. The predicted molar refractivity (Wildman–Crippen MR) is 104 cm³/mol. The first-order chi connectivity index (χ1) is 12.0.